The van der Waals surface area contributed by atoms with Gasteiger partial charge in [0, 0.05) is 12.6 Å². The van der Waals surface area contributed by atoms with E-state index in [-0.39, 0.29) is 23.4 Å². The molecule has 0 heterocycles. The molecule has 2 amide bonds. The summed E-state index contributed by atoms with van der Waals surface area (Å²) >= 11 is 0. The van der Waals surface area contributed by atoms with Crippen LogP contribution in [0.15, 0.2) is 83.8 Å². The summed E-state index contributed by atoms with van der Waals surface area (Å²) in [6.07, 6.45) is 6.14. The predicted octanol–water partition coefficient (Wildman–Crippen LogP) is 5.84. The fourth-order valence-electron chi connectivity index (χ4n) is 5.40. The molecule has 3 aromatic carbocycles. The van der Waals surface area contributed by atoms with Crippen LogP contribution in [0.4, 0.5) is 10.1 Å². The summed E-state index contributed by atoms with van der Waals surface area (Å²) in [5, 5.41) is 3.13. The van der Waals surface area contributed by atoms with Crippen LogP contribution < -0.4 is 9.62 Å². The lowest BCUT2D eigenvalue weighted by molar-refractivity contribution is -0.140. The van der Waals surface area contributed by atoms with Gasteiger partial charge in [0.05, 0.1) is 10.6 Å². The molecule has 7 nitrogen and oxygen atoms in total. The zero-order valence-corrected chi connectivity index (χ0v) is 25.2. The van der Waals surface area contributed by atoms with Crippen molar-refractivity contribution in [3.05, 3.63) is 95.8 Å². The molecule has 1 aliphatic carbocycles. The number of amides is 2. The molecular formula is C33H40FN3O4S. The van der Waals surface area contributed by atoms with Gasteiger partial charge in [-0.2, -0.15) is 0 Å². The summed E-state index contributed by atoms with van der Waals surface area (Å²) in [4.78, 5) is 29.2. The molecular weight excluding hydrogens is 553 g/mol. The van der Waals surface area contributed by atoms with Crippen molar-refractivity contribution >= 4 is 27.5 Å². The maximum atomic E-state index is 14.2. The maximum absolute atomic E-state index is 14.2. The number of rotatable bonds is 12. The second-order valence-electron chi connectivity index (χ2n) is 10.8. The van der Waals surface area contributed by atoms with Crippen LogP contribution in [-0.2, 0) is 32.6 Å². The first-order chi connectivity index (χ1) is 20.2. The maximum Gasteiger partial charge on any atom is 0.264 e. The predicted molar refractivity (Wildman–Crippen MR) is 163 cm³/mol. The summed E-state index contributed by atoms with van der Waals surface area (Å²) in [7, 11) is -4.12. The molecule has 1 saturated carbocycles. The molecule has 0 unspecified atom stereocenters. The van der Waals surface area contributed by atoms with Gasteiger partial charge in [0.25, 0.3) is 10.0 Å². The van der Waals surface area contributed by atoms with Gasteiger partial charge in [-0.1, -0.05) is 75.6 Å². The number of carbonyl (C=O) groups excluding carboxylic acids is 2. The minimum atomic E-state index is -4.12. The van der Waals surface area contributed by atoms with E-state index in [0.29, 0.717) is 17.7 Å². The van der Waals surface area contributed by atoms with Crippen LogP contribution in [0.2, 0.25) is 0 Å². The van der Waals surface area contributed by atoms with Crippen molar-refractivity contribution in [1.29, 1.82) is 0 Å². The van der Waals surface area contributed by atoms with Gasteiger partial charge < -0.3 is 10.2 Å². The highest BCUT2D eigenvalue weighted by molar-refractivity contribution is 7.92. The van der Waals surface area contributed by atoms with Crippen molar-refractivity contribution in [2.24, 2.45) is 0 Å². The number of anilines is 1. The first-order valence-corrected chi connectivity index (χ1v) is 16.2. The van der Waals surface area contributed by atoms with Gasteiger partial charge in [-0.25, -0.2) is 12.8 Å². The van der Waals surface area contributed by atoms with Crippen molar-refractivity contribution in [3.63, 3.8) is 0 Å². The first-order valence-electron chi connectivity index (χ1n) is 14.7. The zero-order valence-electron chi connectivity index (χ0n) is 24.3. The number of aryl methyl sites for hydroxylation is 1. The van der Waals surface area contributed by atoms with Crippen molar-refractivity contribution in [1.82, 2.24) is 10.2 Å². The Morgan fingerprint density at radius 1 is 0.881 bits per heavy atom. The molecule has 42 heavy (non-hydrogen) atoms. The summed E-state index contributed by atoms with van der Waals surface area (Å²) in [5.74, 6) is -1.19. The Morgan fingerprint density at radius 3 is 2.10 bits per heavy atom. The number of hydrogen-bond acceptors (Lipinski definition) is 4. The lowest BCUT2D eigenvalue weighted by Gasteiger charge is -2.34. The quantitative estimate of drug-likeness (QED) is 0.286. The molecule has 0 bridgehead atoms. The molecule has 0 saturated heterocycles. The monoisotopic (exact) mass is 593 g/mol. The Morgan fingerprint density at radius 2 is 1.50 bits per heavy atom. The van der Waals surface area contributed by atoms with Crippen molar-refractivity contribution < 1.29 is 22.4 Å². The van der Waals surface area contributed by atoms with E-state index in [1.807, 2.05) is 26.0 Å². The Balaban J connectivity index is 1.69. The number of sulfonamides is 1. The van der Waals surface area contributed by atoms with Gasteiger partial charge in [0.2, 0.25) is 11.8 Å². The third-order valence-corrected chi connectivity index (χ3v) is 9.63. The highest BCUT2D eigenvalue weighted by atomic mass is 32.2. The minimum absolute atomic E-state index is 0.0315. The van der Waals surface area contributed by atoms with Crippen molar-refractivity contribution in [2.75, 3.05) is 10.8 Å². The molecule has 0 aromatic heterocycles. The fraction of sp³-hybridized carbons (Fsp3) is 0.394. The Bertz CT molecular complexity index is 1420. The molecule has 1 fully saturated rings. The third-order valence-electron chi connectivity index (χ3n) is 7.85. The van der Waals surface area contributed by atoms with Gasteiger partial charge in [0.15, 0.2) is 0 Å². The normalized spacial score (nSPS) is 14.6. The number of carbonyl (C=O) groups is 2. The highest BCUT2D eigenvalue weighted by Gasteiger charge is 2.34. The van der Waals surface area contributed by atoms with Gasteiger partial charge in [-0.3, -0.25) is 13.9 Å². The Kier molecular flexibility index (Phi) is 10.7. The van der Waals surface area contributed by atoms with E-state index < -0.39 is 34.3 Å². The SMILES string of the molecule is CCc1ccc(N(CC(=O)N(Cc2ccc(F)cc2)[C@@H](CC)C(=O)NC2CCCCC2)S(=O)(=O)c2ccccc2)cc1. The minimum Gasteiger partial charge on any atom is -0.352 e. The van der Waals surface area contributed by atoms with Gasteiger partial charge in [0.1, 0.15) is 18.4 Å². The number of nitrogens with zero attached hydrogens (tertiary/aromatic N) is 2. The highest BCUT2D eigenvalue weighted by Crippen LogP contribution is 2.26. The van der Waals surface area contributed by atoms with Crippen LogP contribution >= 0.6 is 0 Å². The van der Waals surface area contributed by atoms with E-state index in [1.165, 1.54) is 29.2 Å². The summed E-state index contributed by atoms with van der Waals surface area (Å²) in [6, 6.07) is 20.1. The van der Waals surface area contributed by atoms with Crippen LogP contribution in [-0.4, -0.2) is 43.8 Å². The number of halogens is 1. The molecule has 1 atom stereocenters. The van der Waals surface area contributed by atoms with E-state index >= 15 is 0 Å². The lowest BCUT2D eigenvalue weighted by atomic mass is 9.95. The second-order valence-corrected chi connectivity index (χ2v) is 12.6. The molecule has 1 N–H and O–H groups in total. The van der Waals surface area contributed by atoms with Gasteiger partial charge >= 0.3 is 0 Å². The third kappa shape index (κ3) is 7.76. The molecule has 0 aliphatic heterocycles. The van der Waals surface area contributed by atoms with Crippen molar-refractivity contribution in [2.45, 2.75) is 82.3 Å². The number of nitrogens with one attached hydrogen (secondary N) is 1. The zero-order chi connectivity index (χ0) is 30.1. The van der Waals surface area contributed by atoms with E-state index in [9.17, 15) is 22.4 Å². The Hall–Kier alpha value is -3.72. The van der Waals surface area contributed by atoms with Gasteiger partial charge in [-0.05, 0) is 73.2 Å². The van der Waals surface area contributed by atoms with Crippen LogP contribution in [0.25, 0.3) is 0 Å². The average Bonchev–Trinajstić information content (AvgIpc) is 3.01. The topological polar surface area (TPSA) is 86.8 Å². The summed E-state index contributed by atoms with van der Waals surface area (Å²) in [5.41, 5.74) is 2.02. The molecule has 3 aromatic rings. The van der Waals surface area contributed by atoms with Crippen molar-refractivity contribution in [3.8, 4) is 0 Å². The molecule has 224 valence electrons. The summed E-state index contributed by atoms with van der Waals surface area (Å²) in [6.45, 7) is 3.37. The second kappa shape index (κ2) is 14.4. The summed E-state index contributed by atoms with van der Waals surface area (Å²) < 4.78 is 42.6. The smallest absolute Gasteiger partial charge is 0.264 e. The van der Waals surface area contributed by atoms with Crippen LogP contribution in [0.3, 0.4) is 0 Å². The molecule has 1 aliphatic rings. The molecule has 4 rings (SSSR count). The standard InChI is InChI=1S/C33H40FN3O4S/c1-3-25-17-21-29(22-18-25)37(42(40,41)30-13-9-6-10-14-30)24-32(38)36(23-26-15-19-27(34)20-16-26)31(4-2)33(39)35-28-11-7-5-8-12-28/h6,9-10,13-22,28,31H,3-5,7-8,11-12,23-24H2,1-2H3,(H,35,39)/t31-/m0/s1. The van der Waals surface area contributed by atoms with E-state index in [4.69, 9.17) is 0 Å². The largest absolute Gasteiger partial charge is 0.352 e. The van der Waals surface area contributed by atoms with E-state index in [2.05, 4.69) is 5.32 Å². The lowest BCUT2D eigenvalue weighted by Crippen LogP contribution is -2.54. The van der Waals surface area contributed by atoms with Gasteiger partial charge in [-0.15, -0.1) is 0 Å². The molecule has 0 spiro atoms. The van der Waals surface area contributed by atoms with Crippen LogP contribution in [0.1, 0.15) is 63.5 Å². The number of benzene rings is 3. The fourth-order valence-corrected chi connectivity index (χ4v) is 6.83. The van der Waals surface area contributed by atoms with E-state index in [0.717, 1.165) is 48.4 Å². The number of hydrogen-bond donors (Lipinski definition) is 1. The molecule has 0 radical (unpaired) electrons. The van der Waals surface area contributed by atoms with Crippen LogP contribution in [0.5, 0.6) is 0 Å². The average molecular weight is 594 g/mol. The van der Waals surface area contributed by atoms with E-state index in [1.54, 1.807) is 42.5 Å². The van der Waals surface area contributed by atoms with Crippen LogP contribution in [0, 0.1) is 5.82 Å². The first kappa shape index (κ1) is 31.2. The molecule has 9 heteroatoms. The Labute approximate surface area is 248 Å².